The molecule has 0 saturated heterocycles. The van der Waals surface area contributed by atoms with E-state index in [2.05, 4.69) is 0 Å². The van der Waals surface area contributed by atoms with Crippen molar-refractivity contribution in [3.05, 3.63) is 59.2 Å². The van der Waals surface area contributed by atoms with Gasteiger partial charge in [-0.05, 0) is 25.1 Å². The van der Waals surface area contributed by atoms with Crippen molar-refractivity contribution in [2.45, 2.75) is 24.7 Å². The Balaban J connectivity index is 1.63. The van der Waals surface area contributed by atoms with E-state index in [1.54, 1.807) is 17.8 Å². The highest BCUT2D eigenvalue weighted by Crippen LogP contribution is 2.34. The lowest BCUT2D eigenvalue weighted by Gasteiger charge is -2.17. The molecule has 23 heavy (non-hydrogen) atoms. The quantitative estimate of drug-likeness (QED) is 0.767. The molecule has 0 unspecified atom stereocenters. The van der Waals surface area contributed by atoms with E-state index < -0.39 is 0 Å². The van der Waals surface area contributed by atoms with Gasteiger partial charge in [-0.3, -0.25) is 9.59 Å². The van der Waals surface area contributed by atoms with Crippen molar-refractivity contribution in [2.24, 2.45) is 0 Å². The molecule has 0 N–H and O–H groups in total. The topological polar surface area (TPSA) is 43.4 Å². The zero-order valence-corrected chi connectivity index (χ0v) is 13.8. The number of fused-ring (bicyclic) bond motifs is 1. The minimum atomic E-state index is -0.000523. The zero-order valence-electron chi connectivity index (χ0n) is 13.0. The molecule has 0 fully saturated rings. The predicted molar refractivity (Wildman–Crippen MR) is 91.7 cm³/mol. The first-order valence-electron chi connectivity index (χ1n) is 7.66. The second kappa shape index (κ2) is 7.01. The standard InChI is InChI=1S/C19H18O3S/c1-13-2-4-14(5-3-13)16(20)7-8-17(21)15-6-9-18-19(12-15)23-11-10-22-18/h2-6,9,12H,7-8,10-11H2,1H3. The van der Waals surface area contributed by atoms with Gasteiger partial charge in [0.1, 0.15) is 5.75 Å². The van der Waals surface area contributed by atoms with Crippen LogP contribution in [0.5, 0.6) is 5.75 Å². The number of Topliss-reactive ketones (excluding diaryl/α,β-unsaturated/α-hetero) is 2. The van der Waals surface area contributed by atoms with Crippen LogP contribution >= 0.6 is 11.8 Å². The fraction of sp³-hybridized carbons (Fsp3) is 0.263. The molecule has 1 heterocycles. The summed E-state index contributed by atoms with van der Waals surface area (Å²) in [6.07, 6.45) is 0.472. The summed E-state index contributed by atoms with van der Waals surface area (Å²) in [6.45, 7) is 2.69. The molecule has 0 aliphatic carbocycles. The van der Waals surface area contributed by atoms with E-state index in [0.29, 0.717) is 17.7 Å². The molecule has 0 bridgehead atoms. The molecular weight excluding hydrogens is 308 g/mol. The van der Waals surface area contributed by atoms with Crippen molar-refractivity contribution < 1.29 is 14.3 Å². The summed E-state index contributed by atoms with van der Waals surface area (Å²) < 4.78 is 5.54. The monoisotopic (exact) mass is 326 g/mol. The molecule has 0 atom stereocenters. The summed E-state index contributed by atoms with van der Waals surface area (Å²) in [5, 5.41) is 0. The van der Waals surface area contributed by atoms with E-state index in [0.717, 1.165) is 22.0 Å². The van der Waals surface area contributed by atoms with Crippen LogP contribution in [0, 0.1) is 6.92 Å². The lowest BCUT2D eigenvalue weighted by molar-refractivity contribution is 0.0917. The van der Waals surface area contributed by atoms with Gasteiger partial charge >= 0.3 is 0 Å². The number of benzene rings is 2. The number of aryl methyl sites for hydroxylation is 1. The number of ether oxygens (including phenoxy) is 1. The minimum absolute atomic E-state index is 0.000523. The Labute approximate surface area is 140 Å². The molecule has 0 saturated carbocycles. The van der Waals surface area contributed by atoms with Crippen LogP contribution in [0.1, 0.15) is 39.1 Å². The first-order valence-corrected chi connectivity index (χ1v) is 8.65. The van der Waals surface area contributed by atoms with Crippen molar-refractivity contribution in [3.63, 3.8) is 0 Å². The average Bonchev–Trinajstić information content (AvgIpc) is 2.59. The van der Waals surface area contributed by atoms with Gasteiger partial charge in [-0.2, -0.15) is 0 Å². The van der Waals surface area contributed by atoms with E-state index in [4.69, 9.17) is 4.74 Å². The van der Waals surface area contributed by atoms with Crippen LogP contribution in [-0.2, 0) is 0 Å². The van der Waals surface area contributed by atoms with E-state index in [1.165, 1.54) is 0 Å². The van der Waals surface area contributed by atoms with Crippen LogP contribution < -0.4 is 4.74 Å². The van der Waals surface area contributed by atoms with Gasteiger partial charge in [-0.1, -0.05) is 29.8 Å². The maximum atomic E-state index is 12.3. The van der Waals surface area contributed by atoms with Crippen molar-refractivity contribution in [2.75, 3.05) is 12.4 Å². The molecule has 0 amide bonds. The highest BCUT2D eigenvalue weighted by molar-refractivity contribution is 7.99. The Morgan fingerprint density at radius 1 is 1.00 bits per heavy atom. The van der Waals surface area contributed by atoms with E-state index >= 15 is 0 Å². The SMILES string of the molecule is Cc1ccc(C(=O)CCC(=O)c2ccc3c(c2)SCCO3)cc1. The molecule has 118 valence electrons. The summed E-state index contributed by atoms with van der Waals surface area (Å²) >= 11 is 1.70. The number of carbonyl (C=O) groups is 2. The average molecular weight is 326 g/mol. The number of hydrogen-bond acceptors (Lipinski definition) is 4. The zero-order chi connectivity index (χ0) is 16.2. The van der Waals surface area contributed by atoms with Crippen molar-refractivity contribution >= 4 is 23.3 Å². The van der Waals surface area contributed by atoms with Crippen LogP contribution in [-0.4, -0.2) is 23.9 Å². The van der Waals surface area contributed by atoms with Gasteiger partial charge in [0.05, 0.1) is 11.5 Å². The lowest BCUT2D eigenvalue weighted by Crippen LogP contribution is -2.09. The third kappa shape index (κ3) is 3.82. The third-order valence-electron chi connectivity index (χ3n) is 3.82. The maximum Gasteiger partial charge on any atom is 0.163 e. The first kappa shape index (κ1) is 15.8. The molecule has 3 nitrogen and oxygen atoms in total. The predicted octanol–water partition coefficient (Wildman–Crippen LogP) is 4.33. The summed E-state index contributed by atoms with van der Waals surface area (Å²) in [5.41, 5.74) is 2.43. The smallest absolute Gasteiger partial charge is 0.163 e. The Bertz CT molecular complexity index is 735. The molecular formula is C19H18O3S. The summed E-state index contributed by atoms with van der Waals surface area (Å²) in [6, 6.07) is 13.0. The summed E-state index contributed by atoms with van der Waals surface area (Å²) in [5.74, 6) is 1.75. The van der Waals surface area contributed by atoms with Gasteiger partial charge < -0.3 is 4.74 Å². The molecule has 1 aliphatic heterocycles. The lowest BCUT2D eigenvalue weighted by atomic mass is 10.0. The van der Waals surface area contributed by atoms with Crippen LogP contribution in [0.15, 0.2) is 47.4 Å². The van der Waals surface area contributed by atoms with E-state index in [-0.39, 0.29) is 24.4 Å². The number of ketones is 2. The third-order valence-corrected chi connectivity index (χ3v) is 4.82. The Kier molecular flexibility index (Phi) is 4.82. The molecule has 4 heteroatoms. The Hall–Kier alpha value is -2.07. The Morgan fingerprint density at radius 3 is 2.39 bits per heavy atom. The van der Waals surface area contributed by atoms with E-state index in [9.17, 15) is 9.59 Å². The minimum Gasteiger partial charge on any atom is -0.492 e. The van der Waals surface area contributed by atoms with Crippen molar-refractivity contribution in [1.82, 2.24) is 0 Å². The molecule has 0 spiro atoms. The summed E-state index contributed by atoms with van der Waals surface area (Å²) in [7, 11) is 0. The highest BCUT2D eigenvalue weighted by Gasteiger charge is 2.15. The normalized spacial score (nSPS) is 13.1. The molecule has 3 rings (SSSR count). The van der Waals surface area contributed by atoms with Crippen molar-refractivity contribution in [3.8, 4) is 5.75 Å². The van der Waals surface area contributed by atoms with Crippen LogP contribution in [0.25, 0.3) is 0 Å². The van der Waals surface area contributed by atoms with Gasteiger partial charge in [0, 0.05) is 29.7 Å². The molecule has 2 aromatic rings. The van der Waals surface area contributed by atoms with Crippen molar-refractivity contribution in [1.29, 1.82) is 0 Å². The molecule has 0 aromatic heterocycles. The van der Waals surface area contributed by atoms with Gasteiger partial charge in [-0.15, -0.1) is 11.8 Å². The van der Waals surface area contributed by atoms with Gasteiger partial charge in [0.15, 0.2) is 11.6 Å². The second-order valence-corrected chi connectivity index (χ2v) is 6.71. The highest BCUT2D eigenvalue weighted by atomic mass is 32.2. The second-order valence-electron chi connectivity index (χ2n) is 5.57. The van der Waals surface area contributed by atoms with Gasteiger partial charge in [0.2, 0.25) is 0 Å². The maximum absolute atomic E-state index is 12.3. The fourth-order valence-electron chi connectivity index (χ4n) is 2.47. The Morgan fingerprint density at radius 2 is 1.65 bits per heavy atom. The van der Waals surface area contributed by atoms with Crippen LogP contribution in [0.4, 0.5) is 0 Å². The molecule has 0 radical (unpaired) electrons. The number of rotatable bonds is 5. The number of thioether (sulfide) groups is 1. The molecule has 2 aromatic carbocycles. The van der Waals surface area contributed by atoms with Crippen LogP contribution in [0.3, 0.4) is 0 Å². The first-order chi connectivity index (χ1) is 11.1. The number of hydrogen-bond donors (Lipinski definition) is 0. The van der Waals surface area contributed by atoms with E-state index in [1.807, 2.05) is 43.3 Å². The van der Waals surface area contributed by atoms with Gasteiger partial charge in [-0.25, -0.2) is 0 Å². The largest absolute Gasteiger partial charge is 0.492 e. The number of carbonyl (C=O) groups excluding carboxylic acids is 2. The summed E-state index contributed by atoms with van der Waals surface area (Å²) in [4.78, 5) is 25.5. The van der Waals surface area contributed by atoms with Gasteiger partial charge in [0.25, 0.3) is 0 Å². The molecule has 1 aliphatic rings. The fourth-order valence-corrected chi connectivity index (χ4v) is 3.34. The van der Waals surface area contributed by atoms with Crippen LogP contribution in [0.2, 0.25) is 0 Å².